The van der Waals surface area contributed by atoms with Crippen LogP contribution in [0.3, 0.4) is 0 Å². The lowest BCUT2D eigenvalue weighted by atomic mass is 9.70. The molecule has 0 bridgehead atoms. The fourth-order valence-corrected chi connectivity index (χ4v) is 9.33. The largest absolute Gasteiger partial charge is 0.349 e. The zero-order valence-corrected chi connectivity index (χ0v) is 27.8. The highest BCUT2D eigenvalue weighted by atomic mass is 16.2. The van der Waals surface area contributed by atoms with Crippen LogP contribution >= 0.6 is 0 Å². The molecule has 1 aromatic carbocycles. The second kappa shape index (κ2) is 12.3. The number of carbonyl (C=O) groups is 3. The van der Waals surface area contributed by atoms with Gasteiger partial charge >= 0.3 is 0 Å². The van der Waals surface area contributed by atoms with Gasteiger partial charge in [-0.3, -0.25) is 14.4 Å². The standard InChI is InChI=1S/C36H57N3O3/c1-22-13-25(19-34(4,5)16-22)37-31(40)28-11-10-12-29(32(41)38-26-14-23(2)17-35(6,7)20-26)30(28)33(42)39-27-15-24(3)18-36(8,9)21-27/h10-12,22-27H,13-21H2,1-9H3,(H,37,40)(H,38,41)(H,39,42). The predicted octanol–water partition coefficient (Wildman–Crippen LogP) is 7.52. The molecule has 3 amide bonds. The zero-order chi connectivity index (χ0) is 31.0. The monoisotopic (exact) mass is 579 g/mol. The van der Waals surface area contributed by atoms with Gasteiger partial charge in [0, 0.05) is 18.1 Å². The average Bonchev–Trinajstić information content (AvgIpc) is 2.79. The summed E-state index contributed by atoms with van der Waals surface area (Å²) in [6.45, 7) is 20.2. The van der Waals surface area contributed by atoms with Crippen LogP contribution in [0.4, 0.5) is 0 Å². The van der Waals surface area contributed by atoms with E-state index >= 15 is 0 Å². The van der Waals surface area contributed by atoms with Crippen LogP contribution < -0.4 is 16.0 Å². The maximum Gasteiger partial charge on any atom is 0.253 e. The number of nitrogens with one attached hydrogen (secondary N) is 3. The molecule has 3 N–H and O–H groups in total. The fourth-order valence-electron chi connectivity index (χ4n) is 9.33. The minimum atomic E-state index is -0.324. The van der Waals surface area contributed by atoms with E-state index in [0.717, 1.165) is 57.8 Å². The number of hydrogen-bond acceptors (Lipinski definition) is 3. The Balaban J connectivity index is 1.63. The van der Waals surface area contributed by atoms with Crippen molar-refractivity contribution in [2.45, 2.75) is 138 Å². The minimum Gasteiger partial charge on any atom is -0.349 e. The fraction of sp³-hybridized carbons (Fsp3) is 0.750. The summed E-state index contributed by atoms with van der Waals surface area (Å²) in [6, 6.07) is 5.23. The third-order valence-corrected chi connectivity index (χ3v) is 9.95. The van der Waals surface area contributed by atoms with Crippen molar-refractivity contribution >= 4 is 17.7 Å². The van der Waals surface area contributed by atoms with Crippen LogP contribution in [-0.4, -0.2) is 35.8 Å². The van der Waals surface area contributed by atoms with Crippen LogP contribution in [0.2, 0.25) is 0 Å². The van der Waals surface area contributed by atoms with Gasteiger partial charge in [-0.1, -0.05) is 68.4 Å². The van der Waals surface area contributed by atoms with Crippen LogP contribution in [0.25, 0.3) is 0 Å². The second-order valence-electron chi connectivity index (χ2n) is 17.0. The van der Waals surface area contributed by atoms with Gasteiger partial charge in [0.05, 0.1) is 16.7 Å². The van der Waals surface area contributed by atoms with Gasteiger partial charge in [-0.2, -0.15) is 0 Å². The summed E-state index contributed by atoms with van der Waals surface area (Å²) in [5.74, 6) is 0.656. The summed E-state index contributed by atoms with van der Waals surface area (Å²) >= 11 is 0. The molecule has 3 aliphatic rings. The summed E-state index contributed by atoms with van der Waals surface area (Å²) in [5.41, 5.74) is 1.20. The molecule has 6 atom stereocenters. The molecule has 3 fully saturated rings. The van der Waals surface area contributed by atoms with E-state index in [0.29, 0.717) is 17.8 Å². The first-order valence-corrected chi connectivity index (χ1v) is 16.5. The molecule has 0 radical (unpaired) electrons. The van der Waals surface area contributed by atoms with Gasteiger partial charge < -0.3 is 16.0 Å². The summed E-state index contributed by atoms with van der Waals surface area (Å²) in [6.07, 6.45) is 8.80. The molecular weight excluding hydrogens is 522 g/mol. The number of rotatable bonds is 6. The molecule has 0 aliphatic heterocycles. The summed E-state index contributed by atoms with van der Waals surface area (Å²) < 4.78 is 0. The maximum atomic E-state index is 14.1. The molecule has 234 valence electrons. The Labute approximate surface area is 254 Å². The van der Waals surface area contributed by atoms with Crippen LogP contribution in [0.15, 0.2) is 18.2 Å². The molecule has 0 spiro atoms. The molecule has 3 aliphatic carbocycles. The molecule has 3 saturated carbocycles. The average molecular weight is 580 g/mol. The second-order valence-corrected chi connectivity index (χ2v) is 17.0. The molecule has 6 nitrogen and oxygen atoms in total. The van der Waals surface area contributed by atoms with Gasteiger partial charge in [0.25, 0.3) is 17.7 Å². The van der Waals surface area contributed by atoms with Crippen molar-refractivity contribution in [3.8, 4) is 0 Å². The molecule has 6 heteroatoms. The predicted molar refractivity (Wildman–Crippen MR) is 171 cm³/mol. The maximum absolute atomic E-state index is 14.1. The number of amides is 3. The molecule has 6 unspecified atom stereocenters. The highest BCUT2D eigenvalue weighted by Crippen LogP contribution is 2.41. The third kappa shape index (κ3) is 8.38. The van der Waals surface area contributed by atoms with Crippen molar-refractivity contribution < 1.29 is 14.4 Å². The molecule has 0 saturated heterocycles. The Kier molecular flexibility index (Phi) is 9.55. The lowest BCUT2D eigenvalue weighted by molar-refractivity contribution is 0.0824. The molecule has 4 rings (SSSR count). The first-order valence-electron chi connectivity index (χ1n) is 16.5. The lowest BCUT2D eigenvalue weighted by Gasteiger charge is -2.40. The highest BCUT2D eigenvalue weighted by Gasteiger charge is 2.37. The van der Waals surface area contributed by atoms with E-state index in [1.165, 1.54) is 0 Å². The van der Waals surface area contributed by atoms with E-state index in [4.69, 9.17) is 0 Å². The first kappa shape index (κ1) is 32.5. The number of benzene rings is 1. The van der Waals surface area contributed by atoms with Crippen molar-refractivity contribution in [3.63, 3.8) is 0 Å². The zero-order valence-electron chi connectivity index (χ0n) is 27.8. The highest BCUT2D eigenvalue weighted by molar-refractivity contribution is 6.14. The number of carbonyl (C=O) groups excluding carboxylic acids is 3. The lowest BCUT2D eigenvalue weighted by Crippen LogP contribution is -2.46. The normalized spacial score (nSPS) is 31.9. The van der Waals surface area contributed by atoms with Crippen molar-refractivity contribution in [2.24, 2.45) is 34.0 Å². The van der Waals surface area contributed by atoms with Gasteiger partial charge in [-0.25, -0.2) is 0 Å². The Morgan fingerprint density at radius 2 is 0.857 bits per heavy atom. The first-order chi connectivity index (χ1) is 19.4. The quantitative estimate of drug-likeness (QED) is 0.326. The minimum absolute atomic E-state index is 0.00302. The van der Waals surface area contributed by atoms with Crippen LogP contribution in [-0.2, 0) is 0 Å². The van der Waals surface area contributed by atoms with Crippen molar-refractivity contribution in [1.29, 1.82) is 0 Å². The Bertz CT molecular complexity index is 1110. The topological polar surface area (TPSA) is 87.3 Å². The molecule has 42 heavy (non-hydrogen) atoms. The Hall–Kier alpha value is -2.37. The SMILES string of the molecule is CC1CC(NC(=O)c2cccc(C(=O)NC3CC(C)CC(C)(C)C3)c2C(=O)NC2CC(C)CC(C)(C)C2)CC(C)(C)C1. The van der Waals surface area contributed by atoms with E-state index < -0.39 is 0 Å². The van der Waals surface area contributed by atoms with Gasteiger partial charge in [-0.15, -0.1) is 0 Å². The summed E-state index contributed by atoms with van der Waals surface area (Å²) in [7, 11) is 0. The van der Waals surface area contributed by atoms with Crippen molar-refractivity contribution in [3.05, 3.63) is 34.9 Å². The molecular formula is C36H57N3O3. The van der Waals surface area contributed by atoms with Crippen molar-refractivity contribution in [1.82, 2.24) is 16.0 Å². The summed E-state index contributed by atoms with van der Waals surface area (Å²) in [4.78, 5) is 41.9. The van der Waals surface area contributed by atoms with Gasteiger partial charge in [-0.05, 0) is 104 Å². The van der Waals surface area contributed by atoms with E-state index in [-0.39, 0.29) is 68.8 Å². The molecule has 1 aromatic rings. The molecule has 0 aromatic heterocycles. The van der Waals surface area contributed by atoms with Gasteiger partial charge in [0.2, 0.25) is 0 Å². The third-order valence-electron chi connectivity index (χ3n) is 9.95. The van der Waals surface area contributed by atoms with E-state index in [1.807, 2.05) is 0 Å². The summed E-state index contributed by atoms with van der Waals surface area (Å²) in [5, 5.41) is 9.77. The Morgan fingerprint density at radius 3 is 1.17 bits per heavy atom. The van der Waals surface area contributed by atoms with Crippen LogP contribution in [0, 0.1) is 34.0 Å². The smallest absolute Gasteiger partial charge is 0.253 e. The van der Waals surface area contributed by atoms with Crippen LogP contribution in [0.1, 0.15) is 151 Å². The Morgan fingerprint density at radius 1 is 0.548 bits per heavy atom. The van der Waals surface area contributed by atoms with E-state index in [9.17, 15) is 14.4 Å². The van der Waals surface area contributed by atoms with Crippen molar-refractivity contribution in [2.75, 3.05) is 0 Å². The van der Waals surface area contributed by atoms with Gasteiger partial charge in [0.15, 0.2) is 0 Å². The van der Waals surface area contributed by atoms with Gasteiger partial charge in [0.1, 0.15) is 0 Å². The number of hydrogen-bond donors (Lipinski definition) is 3. The van der Waals surface area contributed by atoms with E-state index in [1.54, 1.807) is 18.2 Å². The van der Waals surface area contributed by atoms with E-state index in [2.05, 4.69) is 78.3 Å². The molecule has 0 heterocycles. The van der Waals surface area contributed by atoms with Crippen LogP contribution in [0.5, 0.6) is 0 Å².